The van der Waals surface area contributed by atoms with E-state index in [-0.39, 0.29) is 5.91 Å². The fourth-order valence-electron chi connectivity index (χ4n) is 4.46. The molecular weight excluding hydrogens is 294 g/mol. The van der Waals surface area contributed by atoms with E-state index in [0.29, 0.717) is 11.8 Å². The van der Waals surface area contributed by atoms with Gasteiger partial charge in [0.1, 0.15) is 0 Å². The number of aromatic nitrogens is 2. The number of fused-ring (bicyclic) bond motifs is 3. The van der Waals surface area contributed by atoms with Gasteiger partial charge in [0.15, 0.2) is 5.16 Å². The number of carbonyl (C=O) groups excluding carboxylic acids is 1. The topological polar surface area (TPSA) is 54.9 Å². The minimum Gasteiger partial charge on any atom is -0.352 e. The van der Waals surface area contributed by atoms with Crippen LogP contribution in [0.25, 0.3) is 0 Å². The van der Waals surface area contributed by atoms with Crippen LogP contribution < -0.4 is 5.32 Å². The second-order valence-electron chi connectivity index (χ2n) is 7.01. The molecule has 4 rings (SSSR count). The Hall–Kier alpha value is -1.10. The van der Waals surface area contributed by atoms with E-state index < -0.39 is 0 Å². The molecule has 4 nitrogen and oxygen atoms in total. The van der Waals surface area contributed by atoms with Crippen LogP contribution in [0, 0.1) is 18.8 Å². The van der Waals surface area contributed by atoms with E-state index in [4.69, 9.17) is 0 Å². The third kappa shape index (κ3) is 2.75. The van der Waals surface area contributed by atoms with Crippen LogP contribution in [0.15, 0.2) is 5.16 Å². The molecule has 118 valence electrons. The van der Waals surface area contributed by atoms with Crippen LogP contribution in [0.3, 0.4) is 0 Å². The monoisotopic (exact) mass is 317 g/mol. The van der Waals surface area contributed by atoms with Crippen molar-refractivity contribution in [3.8, 4) is 0 Å². The maximum absolute atomic E-state index is 12.2. The Morgan fingerprint density at radius 2 is 2.18 bits per heavy atom. The zero-order valence-electron chi connectivity index (χ0n) is 13.1. The molecule has 0 aromatic carbocycles. The van der Waals surface area contributed by atoms with Crippen LogP contribution in [0.1, 0.15) is 49.1 Å². The normalized spacial score (nSPS) is 28.9. The van der Waals surface area contributed by atoms with E-state index in [1.807, 2.05) is 0 Å². The van der Waals surface area contributed by atoms with Gasteiger partial charge in [0, 0.05) is 17.4 Å². The van der Waals surface area contributed by atoms with Gasteiger partial charge in [0.25, 0.3) is 0 Å². The molecule has 2 saturated carbocycles. The second-order valence-corrected chi connectivity index (χ2v) is 7.95. The van der Waals surface area contributed by atoms with E-state index in [0.717, 1.165) is 35.5 Å². The van der Waals surface area contributed by atoms with Gasteiger partial charge >= 0.3 is 0 Å². The Balaban J connectivity index is 1.33. The van der Waals surface area contributed by atoms with Crippen LogP contribution in [0.4, 0.5) is 0 Å². The van der Waals surface area contributed by atoms with Gasteiger partial charge in [-0.3, -0.25) is 4.79 Å². The summed E-state index contributed by atoms with van der Waals surface area (Å²) < 4.78 is 0. The molecule has 0 radical (unpaired) electrons. The molecule has 22 heavy (non-hydrogen) atoms. The van der Waals surface area contributed by atoms with E-state index in [2.05, 4.69) is 22.2 Å². The van der Waals surface area contributed by atoms with Crippen LogP contribution >= 0.6 is 11.8 Å². The molecular formula is C17H23N3OS. The van der Waals surface area contributed by atoms with Crippen LogP contribution in [-0.2, 0) is 17.6 Å². The predicted octanol–water partition coefficient (Wildman–Crippen LogP) is 2.67. The van der Waals surface area contributed by atoms with Gasteiger partial charge in [-0.2, -0.15) is 0 Å². The first-order valence-electron chi connectivity index (χ1n) is 8.47. The average molecular weight is 317 g/mol. The van der Waals surface area contributed by atoms with Crippen molar-refractivity contribution in [3.63, 3.8) is 0 Å². The fraction of sp³-hybridized carbons (Fsp3) is 0.706. The molecule has 1 aromatic rings. The largest absolute Gasteiger partial charge is 0.352 e. The van der Waals surface area contributed by atoms with E-state index in [9.17, 15) is 4.79 Å². The Kier molecular flexibility index (Phi) is 3.84. The SMILES string of the molecule is Cc1nc(SCC(=O)N[C@@H]2C[C@H]3CC[C@H]2C3)nc2c1CCC2. The van der Waals surface area contributed by atoms with Crippen molar-refractivity contribution in [1.82, 2.24) is 15.3 Å². The number of hydrogen-bond acceptors (Lipinski definition) is 4. The lowest BCUT2D eigenvalue weighted by atomic mass is 9.95. The van der Waals surface area contributed by atoms with Crippen molar-refractivity contribution in [2.24, 2.45) is 11.8 Å². The molecule has 0 aliphatic heterocycles. The summed E-state index contributed by atoms with van der Waals surface area (Å²) in [5.74, 6) is 2.18. The van der Waals surface area contributed by atoms with Gasteiger partial charge in [0.2, 0.25) is 5.91 Å². The first kappa shape index (κ1) is 14.5. The summed E-state index contributed by atoms with van der Waals surface area (Å²) in [6.45, 7) is 2.06. The molecule has 1 heterocycles. The molecule has 0 spiro atoms. The van der Waals surface area contributed by atoms with Gasteiger partial charge in [-0.05, 0) is 62.8 Å². The molecule has 5 heteroatoms. The quantitative estimate of drug-likeness (QED) is 0.685. The van der Waals surface area contributed by atoms with Crippen LogP contribution in [-0.4, -0.2) is 27.7 Å². The zero-order chi connectivity index (χ0) is 15.1. The molecule has 2 fully saturated rings. The Morgan fingerprint density at radius 1 is 1.27 bits per heavy atom. The standard InChI is InChI=1S/C17H23N3OS/c1-10-13-3-2-4-14(13)20-17(18-10)22-9-16(21)19-15-8-11-5-6-12(15)7-11/h11-12,15H,2-9H2,1H3,(H,19,21)/t11-,12-,15+/m0/s1. The summed E-state index contributed by atoms with van der Waals surface area (Å²) in [5.41, 5.74) is 3.62. The zero-order valence-corrected chi connectivity index (χ0v) is 13.9. The number of thioether (sulfide) groups is 1. The summed E-state index contributed by atoms with van der Waals surface area (Å²) in [5, 5.41) is 4.00. The number of rotatable bonds is 4. The fourth-order valence-corrected chi connectivity index (χ4v) is 5.18. The first-order valence-corrected chi connectivity index (χ1v) is 9.46. The van der Waals surface area contributed by atoms with E-state index in [1.54, 1.807) is 0 Å². The van der Waals surface area contributed by atoms with Crippen molar-refractivity contribution in [2.45, 2.75) is 63.1 Å². The molecule has 1 amide bonds. The minimum absolute atomic E-state index is 0.143. The summed E-state index contributed by atoms with van der Waals surface area (Å²) >= 11 is 1.48. The third-order valence-corrected chi connectivity index (χ3v) is 6.38. The Bertz CT molecular complexity index is 604. The minimum atomic E-state index is 0.143. The number of nitrogens with zero attached hydrogens (tertiary/aromatic N) is 2. The summed E-state index contributed by atoms with van der Waals surface area (Å²) in [6, 6.07) is 0.425. The second kappa shape index (κ2) is 5.84. The first-order chi connectivity index (χ1) is 10.7. The molecule has 2 bridgehead atoms. The van der Waals surface area contributed by atoms with Crippen molar-refractivity contribution >= 4 is 17.7 Å². The van der Waals surface area contributed by atoms with Gasteiger partial charge in [-0.1, -0.05) is 18.2 Å². The highest BCUT2D eigenvalue weighted by Gasteiger charge is 2.40. The molecule has 1 aromatic heterocycles. The highest BCUT2D eigenvalue weighted by atomic mass is 32.2. The number of hydrogen-bond donors (Lipinski definition) is 1. The lowest BCUT2D eigenvalue weighted by Crippen LogP contribution is -2.39. The molecule has 1 N–H and O–H groups in total. The lowest BCUT2D eigenvalue weighted by molar-refractivity contribution is -0.119. The highest BCUT2D eigenvalue weighted by molar-refractivity contribution is 7.99. The van der Waals surface area contributed by atoms with Gasteiger partial charge in [0.05, 0.1) is 5.75 Å². The Labute approximate surface area is 135 Å². The smallest absolute Gasteiger partial charge is 0.230 e. The summed E-state index contributed by atoms with van der Waals surface area (Å²) in [6.07, 6.45) is 8.54. The maximum Gasteiger partial charge on any atom is 0.230 e. The number of nitrogens with one attached hydrogen (secondary N) is 1. The number of aryl methyl sites for hydroxylation is 2. The van der Waals surface area contributed by atoms with Crippen LogP contribution in [0.2, 0.25) is 0 Å². The molecule has 0 unspecified atom stereocenters. The molecule has 3 aliphatic carbocycles. The highest BCUT2D eigenvalue weighted by Crippen LogP contribution is 2.44. The van der Waals surface area contributed by atoms with Crippen molar-refractivity contribution in [1.29, 1.82) is 0 Å². The van der Waals surface area contributed by atoms with Gasteiger partial charge < -0.3 is 5.32 Å². The van der Waals surface area contributed by atoms with Crippen molar-refractivity contribution < 1.29 is 4.79 Å². The Morgan fingerprint density at radius 3 is 2.95 bits per heavy atom. The van der Waals surface area contributed by atoms with Gasteiger partial charge in [-0.25, -0.2) is 9.97 Å². The van der Waals surface area contributed by atoms with Crippen molar-refractivity contribution in [2.75, 3.05) is 5.75 Å². The molecule has 3 aliphatic rings. The predicted molar refractivity (Wildman–Crippen MR) is 86.9 cm³/mol. The number of amides is 1. The summed E-state index contributed by atoms with van der Waals surface area (Å²) in [7, 11) is 0. The number of carbonyl (C=O) groups is 1. The van der Waals surface area contributed by atoms with Crippen molar-refractivity contribution in [3.05, 3.63) is 17.0 Å². The molecule has 0 saturated heterocycles. The van der Waals surface area contributed by atoms with Crippen LogP contribution in [0.5, 0.6) is 0 Å². The van der Waals surface area contributed by atoms with Gasteiger partial charge in [-0.15, -0.1) is 0 Å². The average Bonchev–Trinajstić information content (AvgIpc) is 3.20. The lowest BCUT2D eigenvalue weighted by Gasteiger charge is -2.22. The van der Waals surface area contributed by atoms with E-state index >= 15 is 0 Å². The molecule has 3 atom stereocenters. The maximum atomic E-state index is 12.2. The third-order valence-electron chi connectivity index (χ3n) is 5.54. The van der Waals surface area contributed by atoms with E-state index in [1.165, 1.54) is 55.1 Å². The summed E-state index contributed by atoms with van der Waals surface area (Å²) in [4.78, 5) is 21.4.